The molecule has 0 N–H and O–H groups in total. The van der Waals surface area contributed by atoms with Gasteiger partial charge in [-0.25, -0.2) is 4.68 Å². The maximum absolute atomic E-state index is 5.90. The zero-order chi connectivity index (χ0) is 13.4. The minimum Gasteiger partial charge on any atom is -0.347 e. The quantitative estimate of drug-likeness (QED) is 0.844. The van der Waals surface area contributed by atoms with Gasteiger partial charge in [0.1, 0.15) is 0 Å². The summed E-state index contributed by atoms with van der Waals surface area (Å²) in [7, 11) is 3.68. The molecule has 0 amide bonds. The summed E-state index contributed by atoms with van der Waals surface area (Å²) in [5.41, 5.74) is 1.79. The third kappa shape index (κ3) is 2.32. The van der Waals surface area contributed by atoms with E-state index in [0.29, 0.717) is 11.9 Å². The van der Waals surface area contributed by atoms with Crippen LogP contribution in [0.2, 0.25) is 5.28 Å². The number of hydrogen-bond donors (Lipinski definition) is 0. The lowest BCUT2D eigenvalue weighted by atomic mass is 10.4. The van der Waals surface area contributed by atoms with Gasteiger partial charge in [-0.1, -0.05) is 0 Å². The van der Waals surface area contributed by atoms with Gasteiger partial charge in [-0.15, -0.1) is 0 Å². The molecule has 96 valence electrons. The number of halogens is 2. The first kappa shape index (κ1) is 13.2. The summed E-state index contributed by atoms with van der Waals surface area (Å²) >= 11 is 9.37. The molecular weight excluding hydrogens is 320 g/mol. The van der Waals surface area contributed by atoms with Crippen LogP contribution >= 0.6 is 27.5 Å². The van der Waals surface area contributed by atoms with Gasteiger partial charge in [-0.3, -0.25) is 0 Å². The lowest BCUT2D eigenvalue weighted by molar-refractivity contribution is 0.759. The van der Waals surface area contributed by atoms with Gasteiger partial charge in [0.05, 0.1) is 15.9 Å². The first-order valence-corrected chi connectivity index (χ1v) is 6.38. The Morgan fingerprint density at radius 1 is 1.17 bits per heavy atom. The van der Waals surface area contributed by atoms with Crippen LogP contribution in [0.5, 0.6) is 0 Å². The van der Waals surface area contributed by atoms with E-state index < -0.39 is 0 Å². The molecule has 2 heterocycles. The second kappa shape index (κ2) is 4.81. The molecule has 0 spiro atoms. The Balaban J connectivity index is 2.60. The highest BCUT2D eigenvalue weighted by Gasteiger charge is 2.15. The average Bonchev–Trinajstić information content (AvgIpc) is 2.56. The van der Waals surface area contributed by atoms with Gasteiger partial charge in [0.25, 0.3) is 5.95 Å². The van der Waals surface area contributed by atoms with Crippen molar-refractivity contribution in [1.82, 2.24) is 24.7 Å². The van der Waals surface area contributed by atoms with Crippen LogP contribution in [-0.2, 0) is 0 Å². The maximum Gasteiger partial charge on any atom is 0.256 e. The summed E-state index contributed by atoms with van der Waals surface area (Å²) in [6.45, 7) is 3.83. The maximum atomic E-state index is 5.90. The standard InChI is InChI=1S/C10H12BrClN6/c1-5-7(11)6(2)18(16-5)10-14-8(12)13-9(15-10)17(3)4/h1-4H3. The minimum absolute atomic E-state index is 0.146. The summed E-state index contributed by atoms with van der Waals surface area (Å²) in [6, 6.07) is 0. The Hall–Kier alpha value is -1.21. The fraction of sp³-hybridized carbons (Fsp3) is 0.400. The molecule has 0 radical (unpaired) electrons. The first-order chi connectivity index (χ1) is 8.40. The van der Waals surface area contributed by atoms with Crippen LogP contribution in [0.25, 0.3) is 5.95 Å². The number of anilines is 1. The van der Waals surface area contributed by atoms with Gasteiger partial charge in [0.15, 0.2) is 0 Å². The van der Waals surface area contributed by atoms with Gasteiger partial charge < -0.3 is 4.90 Å². The second-order valence-corrected chi connectivity index (χ2v) is 5.13. The highest BCUT2D eigenvalue weighted by Crippen LogP contribution is 2.22. The normalized spacial score (nSPS) is 10.8. The van der Waals surface area contributed by atoms with Gasteiger partial charge in [-0.05, 0) is 41.4 Å². The molecule has 8 heteroatoms. The zero-order valence-electron chi connectivity index (χ0n) is 10.4. The number of hydrogen-bond acceptors (Lipinski definition) is 5. The van der Waals surface area contributed by atoms with E-state index in [1.54, 1.807) is 9.58 Å². The fourth-order valence-corrected chi connectivity index (χ4v) is 1.84. The monoisotopic (exact) mass is 330 g/mol. The predicted octanol–water partition coefficient (Wildman–Crippen LogP) is 2.16. The van der Waals surface area contributed by atoms with Crippen LogP contribution in [0.15, 0.2) is 4.47 Å². The highest BCUT2D eigenvalue weighted by molar-refractivity contribution is 9.10. The Labute approximate surface area is 118 Å². The zero-order valence-corrected chi connectivity index (χ0v) is 12.8. The predicted molar refractivity (Wildman–Crippen MR) is 73.5 cm³/mol. The van der Waals surface area contributed by atoms with Crippen molar-refractivity contribution in [3.8, 4) is 5.95 Å². The highest BCUT2D eigenvalue weighted by atomic mass is 79.9. The first-order valence-electron chi connectivity index (χ1n) is 5.21. The average molecular weight is 332 g/mol. The lowest BCUT2D eigenvalue weighted by Crippen LogP contribution is -2.16. The van der Waals surface area contributed by atoms with Crippen molar-refractivity contribution in [2.24, 2.45) is 0 Å². The molecule has 0 aliphatic heterocycles. The van der Waals surface area contributed by atoms with Crippen LogP contribution in [0.4, 0.5) is 5.95 Å². The summed E-state index contributed by atoms with van der Waals surface area (Å²) in [5, 5.41) is 4.51. The third-order valence-corrected chi connectivity index (χ3v) is 3.69. The molecule has 2 aromatic rings. The fourth-order valence-electron chi connectivity index (χ4n) is 1.44. The SMILES string of the molecule is Cc1nn(-c2nc(Cl)nc(N(C)C)n2)c(C)c1Br. The largest absolute Gasteiger partial charge is 0.347 e. The Morgan fingerprint density at radius 2 is 1.83 bits per heavy atom. The molecule has 2 aromatic heterocycles. The van der Waals surface area contributed by atoms with E-state index in [1.165, 1.54) is 0 Å². The molecule has 0 aliphatic rings. The molecule has 0 fully saturated rings. The summed E-state index contributed by atoms with van der Waals surface area (Å²) in [5.74, 6) is 0.902. The topological polar surface area (TPSA) is 59.7 Å². The van der Waals surface area contributed by atoms with Crippen LogP contribution in [-0.4, -0.2) is 38.8 Å². The molecule has 0 saturated carbocycles. The van der Waals surface area contributed by atoms with Gasteiger partial charge in [0.2, 0.25) is 11.2 Å². The Bertz CT molecular complexity index is 594. The van der Waals surface area contributed by atoms with Gasteiger partial charge >= 0.3 is 0 Å². The Morgan fingerprint density at radius 3 is 2.33 bits per heavy atom. The van der Waals surface area contributed by atoms with Gasteiger partial charge in [0, 0.05) is 14.1 Å². The van der Waals surface area contributed by atoms with Gasteiger partial charge in [-0.2, -0.15) is 20.1 Å². The van der Waals surface area contributed by atoms with Crippen molar-refractivity contribution in [3.05, 3.63) is 21.1 Å². The van der Waals surface area contributed by atoms with E-state index in [4.69, 9.17) is 11.6 Å². The summed E-state index contributed by atoms with van der Waals surface area (Å²) < 4.78 is 2.57. The van der Waals surface area contributed by atoms with Crippen molar-refractivity contribution in [3.63, 3.8) is 0 Å². The molecule has 6 nitrogen and oxygen atoms in total. The molecule has 0 unspecified atom stereocenters. The minimum atomic E-state index is 0.146. The molecule has 0 saturated heterocycles. The van der Waals surface area contributed by atoms with Crippen molar-refractivity contribution in [2.45, 2.75) is 13.8 Å². The lowest BCUT2D eigenvalue weighted by Gasteiger charge is -2.11. The van der Waals surface area contributed by atoms with Crippen molar-refractivity contribution < 1.29 is 0 Å². The van der Waals surface area contributed by atoms with E-state index in [-0.39, 0.29) is 5.28 Å². The molecule has 18 heavy (non-hydrogen) atoms. The van der Waals surface area contributed by atoms with Crippen LogP contribution in [0.3, 0.4) is 0 Å². The number of nitrogens with zero attached hydrogens (tertiary/aromatic N) is 6. The van der Waals surface area contributed by atoms with E-state index >= 15 is 0 Å². The van der Waals surface area contributed by atoms with Crippen molar-refractivity contribution in [1.29, 1.82) is 0 Å². The molecular formula is C10H12BrClN6. The molecule has 2 rings (SSSR count). The van der Waals surface area contributed by atoms with E-state index in [0.717, 1.165) is 15.9 Å². The molecule has 0 bridgehead atoms. The third-order valence-electron chi connectivity index (χ3n) is 2.38. The van der Waals surface area contributed by atoms with E-state index in [2.05, 4.69) is 36.0 Å². The summed E-state index contributed by atoms with van der Waals surface area (Å²) in [4.78, 5) is 14.2. The number of rotatable bonds is 2. The van der Waals surface area contributed by atoms with Crippen LogP contribution in [0, 0.1) is 13.8 Å². The van der Waals surface area contributed by atoms with E-state index in [1.807, 2.05) is 27.9 Å². The van der Waals surface area contributed by atoms with Crippen molar-refractivity contribution in [2.75, 3.05) is 19.0 Å². The Kier molecular flexibility index (Phi) is 3.54. The smallest absolute Gasteiger partial charge is 0.256 e. The molecule has 0 aromatic carbocycles. The number of aromatic nitrogens is 5. The number of aryl methyl sites for hydroxylation is 1. The van der Waals surface area contributed by atoms with Crippen LogP contribution in [0.1, 0.15) is 11.4 Å². The molecule has 0 atom stereocenters. The van der Waals surface area contributed by atoms with Crippen molar-refractivity contribution >= 4 is 33.5 Å². The van der Waals surface area contributed by atoms with Crippen LogP contribution < -0.4 is 4.90 Å². The summed E-state index contributed by atoms with van der Waals surface area (Å²) in [6.07, 6.45) is 0. The van der Waals surface area contributed by atoms with E-state index in [9.17, 15) is 0 Å². The molecule has 0 aliphatic carbocycles. The second-order valence-electron chi connectivity index (χ2n) is 4.00.